The van der Waals surface area contributed by atoms with E-state index in [1.807, 2.05) is 0 Å². The second kappa shape index (κ2) is 6.63. The zero-order valence-electron chi connectivity index (χ0n) is 9.38. The number of carbonyl (C=O) groups excluding carboxylic acids is 1. The van der Waals surface area contributed by atoms with Crippen LogP contribution in [0.2, 0.25) is 0 Å². The first-order valence-corrected chi connectivity index (χ1v) is 5.99. The highest BCUT2D eigenvalue weighted by molar-refractivity contribution is 9.08. The SMILES string of the molecule is COC(=O)Cc1cc(CBr)cc(OC(F)F)c1F. The fourth-order valence-corrected chi connectivity index (χ4v) is 1.66. The summed E-state index contributed by atoms with van der Waals surface area (Å²) in [6, 6.07) is 2.54. The van der Waals surface area contributed by atoms with Gasteiger partial charge in [0.2, 0.25) is 0 Å². The van der Waals surface area contributed by atoms with Crippen LogP contribution in [0.15, 0.2) is 12.1 Å². The molecule has 0 N–H and O–H groups in total. The molecule has 0 spiro atoms. The summed E-state index contributed by atoms with van der Waals surface area (Å²) in [7, 11) is 1.16. The topological polar surface area (TPSA) is 35.5 Å². The van der Waals surface area contributed by atoms with Crippen LogP contribution in [-0.2, 0) is 21.3 Å². The van der Waals surface area contributed by atoms with Crippen molar-refractivity contribution in [3.05, 3.63) is 29.1 Å². The van der Waals surface area contributed by atoms with Gasteiger partial charge in [-0.25, -0.2) is 4.39 Å². The molecule has 0 heterocycles. The average molecular weight is 327 g/mol. The third-order valence-electron chi connectivity index (χ3n) is 2.11. The zero-order chi connectivity index (χ0) is 13.7. The third kappa shape index (κ3) is 3.90. The summed E-state index contributed by atoms with van der Waals surface area (Å²) in [6.07, 6.45) is -0.344. The van der Waals surface area contributed by atoms with Gasteiger partial charge in [0.05, 0.1) is 13.5 Å². The summed E-state index contributed by atoms with van der Waals surface area (Å²) in [6.45, 7) is -3.13. The van der Waals surface area contributed by atoms with Gasteiger partial charge in [0, 0.05) is 10.9 Å². The van der Waals surface area contributed by atoms with Crippen molar-refractivity contribution in [2.75, 3.05) is 7.11 Å². The predicted molar refractivity (Wildman–Crippen MR) is 61.4 cm³/mol. The minimum atomic E-state index is -3.13. The van der Waals surface area contributed by atoms with E-state index >= 15 is 0 Å². The molecule has 0 saturated heterocycles. The van der Waals surface area contributed by atoms with Gasteiger partial charge in [0.15, 0.2) is 11.6 Å². The quantitative estimate of drug-likeness (QED) is 0.616. The number of carbonyl (C=O) groups is 1. The van der Waals surface area contributed by atoms with Gasteiger partial charge in [-0.3, -0.25) is 4.79 Å². The summed E-state index contributed by atoms with van der Waals surface area (Å²) >= 11 is 3.12. The Kier molecular flexibility index (Phi) is 5.46. The van der Waals surface area contributed by atoms with Gasteiger partial charge < -0.3 is 9.47 Å². The molecule has 0 unspecified atom stereocenters. The van der Waals surface area contributed by atoms with E-state index in [2.05, 4.69) is 25.4 Å². The van der Waals surface area contributed by atoms with Crippen molar-refractivity contribution in [2.45, 2.75) is 18.4 Å². The monoisotopic (exact) mass is 326 g/mol. The van der Waals surface area contributed by atoms with E-state index in [4.69, 9.17) is 0 Å². The van der Waals surface area contributed by atoms with Crippen LogP contribution in [0, 0.1) is 5.82 Å². The van der Waals surface area contributed by atoms with Crippen LogP contribution in [0.1, 0.15) is 11.1 Å². The second-order valence-corrected chi connectivity index (χ2v) is 3.89. The third-order valence-corrected chi connectivity index (χ3v) is 2.75. The highest BCUT2D eigenvalue weighted by Gasteiger charge is 2.17. The number of halogens is 4. The molecule has 0 radical (unpaired) electrons. The summed E-state index contributed by atoms with van der Waals surface area (Å²) in [4.78, 5) is 11.1. The normalized spacial score (nSPS) is 10.6. The van der Waals surface area contributed by atoms with Gasteiger partial charge in [-0.1, -0.05) is 22.0 Å². The number of alkyl halides is 3. The van der Waals surface area contributed by atoms with Crippen molar-refractivity contribution in [2.24, 2.45) is 0 Å². The minimum absolute atomic E-state index is 0.0468. The van der Waals surface area contributed by atoms with Crippen molar-refractivity contribution < 1.29 is 27.4 Å². The molecule has 7 heteroatoms. The van der Waals surface area contributed by atoms with E-state index in [0.717, 1.165) is 13.2 Å². The summed E-state index contributed by atoms with van der Waals surface area (Å²) in [5.74, 6) is -2.23. The number of esters is 1. The standard InChI is InChI=1S/C11H10BrF3O3/c1-17-9(16)4-7-2-6(5-12)3-8(10(7)13)18-11(14)15/h2-3,11H,4-5H2,1H3. The first-order chi connectivity index (χ1) is 8.47. The van der Waals surface area contributed by atoms with Crippen molar-refractivity contribution in [1.82, 2.24) is 0 Å². The van der Waals surface area contributed by atoms with Crippen LogP contribution in [0.3, 0.4) is 0 Å². The zero-order valence-corrected chi connectivity index (χ0v) is 11.0. The molecule has 1 aromatic rings. The fourth-order valence-electron chi connectivity index (χ4n) is 1.33. The van der Waals surface area contributed by atoms with E-state index in [0.29, 0.717) is 10.9 Å². The fraction of sp³-hybridized carbons (Fsp3) is 0.364. The molecule has 0 aliphatic carbocycles. The lowest BCUT2D eigenvalue weighted by atomic mass is 10.1. The number of benzene rings is 1. The van der Waals surface area contributed by atoms with Gasteiger partial charge in [-0.15, -0.1) is 0 Å². The van der Waals surface area contributed by atoms with Crippen molar-refractivity contribution in [3.63, 3.8) is 0 Å². The number of hydrogen-bond donors (Lipinski definition) is 0. The Morgan fingerprint density at radius 3 is 2.61 bits per heavy atom. The smallest absolute Gasteiger partial charge is 0.387 e. The molecule has 1 rings (SSSR count). The summed E-state index contributed by atoms with van der Waals surface area (Å²) in [5.41, 5.74) is 0.473. The van der Waals surface area contributed by atoms with Crippen molar-refractivity contribution in [1.29, 1.82) is 0 Å². The number of rotatable bonds is 5. The van der Waals surface area contributed by atoms with Gasteiger partial charge in [0.1, 0.15) is 0 Å². The van der Waals surface area contributed by atoms with Crippen molar-refractivity contribution >= 4 is 21.9 Å². The molecular weight excluding hydrogens is 317 g/mol. The number of methoxy groups -OCH3 is 1. The summed E-state index contributed by atoms with van der Waals surface area (Å²) < 4.78 is 46.4. The molecule has 100 valence electrons. The van der Waals surface area contributed by atoms with Gasteiger partial charge >= 0.3 is 12.6 Å². The molecule has 0 aromatic heterocycles. The second-order valence-electron chi connectivity index (χ2n) is 3.33. The van der Waals surface area contributed by atoms with Crippen LogP contribution < -0.4 is 4.74 Å². The Bertz CT molecular complexity index is 438. The average Bonchev–Trinajstić information content (AvgIpc) is 2.33. The lowest BCUT2D eigenvalue weighted by Gasteiger charge is -2.11. The maximum Gasteiger partial charge on any atom is 0.387 e. The highest BCUT2D eigenvalue weighted by Crippen LogP contribution is 2.26. The van der Waals surface area contributed by atoms with Crippen LogP contribution >= 0.6 is 15.9 Å². The van der Waals surface area contributed by atoms with Gasteiger partial charge in [-0.05, 0) is 11.6 Å². The number of hydrogen-bond acceptors (Lipinski definition) is 3. The van der Waals surface area contributed by atoms with E-state index in [1.165, 1.54) is 6.07 Å². The van der Waals surface area contributed by atoms with Gasteiger partial charge in [0.25, 0.3) is 0 Å². The maximum atomic E-state index is 13.8. The largest absolute Gasteiger partial charge is 0.469 e. The van der Waals surface area contributed by atoms with E-state index in [-0.39, 0.29) is 12.0 Å². The molecular formula is C11H10BrF3O3. The molecule has 18 heavy (non-hydrogen) atoms. The van der Waals surface area contributed by atoms with E-state index in [9.17, 15) is 18.0 Å². The van der Waals surface area contributed by atoms with Crippen molar-refractivity contribution in [3.8, 4) is 5.75 Å². The Labute approximate surface area is 110 Å². The van der Waals surface area contributed by atoms with Crippen LogP contribution in [0.4, 0.5) is 13.2 Å². The lowest BCUT2D eigenvalue weighted by Crippen LogP contribution is -2.10. The first kappa shape index (κ1) is 14.8. The highest BCUT2D eigenvalue weighted by atomic mass is 79.9. The Morgan fingerprint density at radius 2 is 2.11 bits per heavy atom. The van der Waals surface area contributed by atoms with E-state index in [1.54, 1.807) is 0 Å². The Morgan fingerprint density at radius 1 is 1.44 bits per heavy atom. The maximum absolute atomic E-state index is 13.8. The predicted octanol–water partition coefficient (Wildman–Crippen LogP) is 3.04. The Hall–Kier alpha value is -1.24. The minimum Gasteiger partial charge on any atom is -0.469 e. The molecule has 0 saturated carbocycles. The molecule has 1 aromatic carbocycles. The van der Waals surface area contributed by atoms with Crippen LogP contribution in [-0.4, -0.2) is 19.7 Å². The van der Waals surface area contributed by atoms with E-state index < -0.39 is 24.1 Å². The molecule has 0 atom stereocenters. The molecule has 0 bridgehead atoms. The van der Waals surface area contributed by atoms with Gasteiger partial charge in [-0.2, -0.15) is 8.78 Å². The molecule has 3 nitrogen and oxygen atoms in total. The molecule has 0 aliphatic rings. The Balaban J connectivity index is 3.11. The van der Waals surface area contributed by atoms with Crippen LogP contribution in [0.25, 0.3) is 0 Å². The number of ether oxygens (including phenoxy) is 2. The van der Waals surface area contributed by atoms with Crippen LogP contribution in [0.5, 0.6) is 5.75 Å². The first-order valence-electron chi connectivity index (χ1n) is 4.86. The molecule has 0 amide bonds. The molecule has 0 aliphatic heterocycles. The molecule has 0 fully saturated rings. The summed E-state index contributed by atoms with van der Waals surface area (Å²) in [5, 5.41) is 0.320. The lowest BCUT2D eigenvalue weighted by molar-refractivity contribution is -0.139.